The summed E-state index contributed by atoms with van der Waals surface area (Å²) in [4.78, 5) is 15.1. The van der Waals surface area contributed by atoms with Crippen LogP contribution in [0.1, 0.15) is 0 Å². The molecule has 18 heavy (non-hydrogen) atoms. The molecule has 1 aliphatic rings. The van der Waals surface area contributed by atoms with Crippen LogP contribution in [-0.4, -0.2) is 63.2 Å². The summed E-state index contributed by atoms with van der Waals surface area (Å²) in [6, 6.07) is -0.569. The average Bonchev–Trinajstić information content (AvgIpc) is 2.35. The van der Waals surface area contributed by atoms with Crippen molar-refractivity contribution in [3.05, 3.63) is 28.5 Å². The highest BCUT2D eigenvalue weighted by Gasteiger charge is 2.28. The van der Waals surface area contributed by atoms with E-state index in [1.165, 1.54) is 0 Å². The molecule has 0 fully saturated rings. The Labute approximate surface area is 108 Å². The molecular weight excluding hydrogens is 232 g/mol. The lowest BCUT2D eigenvalue weighted by atomic mass is 9.99. The Morgan fingerprint density at radius 2 is 2.00 bits per heavy atom. The minimum absolute atomic E-state index is 0.107. The average molecular weight is 254 g/mol. The van der Waals surface area contributed by atoms with E-state index in [1.54, 1.807) is 13.2 Å². The fourth-order valence-electron chi connectivity index (χ4n) is 1.89. The third-order valence-electron chi connectivity index (χ3n) is 3.06. The number of methoxy groups -OCH3 is 1. The molecule has 6 nitrogen and oxygen atoms in total. The third kappa shape index (κ3) is 3.54. The molecule has 102 valence electrons. The molecule has 0 heterocycles. The Morgan fingerprint density at radius 1 is 1.33 bits per heavy atom. The molecule has 0 aromatic rings. The van der Waals surface area contributed by atoms with Gasteiger partial charge in [0, 0.05) is 13.1 Å². The first-order chi connectivity index (χ1) is 8.49. The molecule has 1 rings (SSSR count). The molecular formula is C12H22N4O2. The summed E-state index contributed by atoms with van der Waals surface area (Å²) in [7, 11) is 7.56. The molecule has 0 aliphatic heterocycles. The maximum absolute atomic E-state index is 10.9. The van der Waals surface area contributed by atoms with E-state index in [0.29, 0.717) is 11.5 Å². The Hall–Kier alpha value is -1.40. The van der Waals surface area contributed by atoms with Gasteiger partial charge in [-0.2, -0.15) is 4.91 Å². The molecule has 2 atom stereocenters. The maximum Gasteiger partial charge on any atom is 0.139 e. The van der Waals surface area contributed by atoms with Gasteiger partial charge in [-0.15, -0.1) is 0 Å². The molecule has 0 saturated heterocycles. The Morgan fingerprint density at radius 3 is 2.50 bits per heavy atom. The van der Waals surface area contributed by atoms with E-state index in [2.05, 4.69) is 15.0 Å². The Kier molecular flexibility index (Phi) is 5.30. The monoisotopic (exact) mass is 254 g/mol. The van der Waals surface area contributed by atoms with Crippen molar-refractivity contribution in [1.82, 2.24) is 9.80 Å². The summed E-state index contributed by atoms with van der Waals surface area (Å²) in [5.74, 6) is 0.608. The molecule has 0 amide bonds. The molecule has 0 spiro atoms. The SMILES string of the molecule is COC1=CC(N(C)CCN(C)C)C(N=O)C=C1N. The second kappa shape index (κ2) is 6.51. The zero-order valence-corrected chi connectivity index (χ0v) is 11.5. The zero-order valence-electron chi connectivity index (χ0n) is 11.5. The number of hydrogen-bond acceptors (Lipinski definition) is 6. The van der Waals surface area contributed by atoms with Crippen LogP contribution in [-0.2, 0) is 4.74 Å². The highest BCUT2D eigenvalue weighted by molar-refractivity contribution is 5.32. The van der Waals surface area contributed by atoms with Crippen molar-refractivity contribution in [2.45, 2.75) is 12.1 Å². The highest BCUT2D eigenvalue weighted by Crippen LogP contribution is 2.21. The van der Waals surface area contributed by atoms with Crippen LogP contribution in [0.2, 0.25) is 0 Å². The largest absolute Gasteiger partial charge is 0.495 e. The van der Waals surface area contributed by atoms with Crippen LogP contribution in [0.25, 0.3) is 0 Å². The summed E-state index contributed by atoms with van der Waals surface area (Å²) in [6.45, 7) is 1.75. The van der Waals surface area contributed by atoms with Crippen molar-refractivity contribution in [2.24, 2.45) is 10.9 Å². The number of nitroso groups, excluding NO2 is 1. The van der Waals surface area contributed by atoms with Gasteiger partial charge >= 0.3 is 0 Å². The second-order valence-corrected chi connectivity index (χ2v) is 4.73. The maximum atomic E-state index is 10.9. The Balaban J connectivity index is 2.78. The first-order valence-electron chi connectivity index (χ1n) is 5.90. The highest BCUT2D eigenvalue weighted by atomic mass is 16.5. The van der Waals surface area contributed by atoms with Gasteiger partial charge in [0.15, 0.2) is 0 Å². The predicted octanol–water partition coefficient (Wildman–Crippen LogP) is 0.370. The molecule has 0 saturated carbocycles. The van der Waals surface area contributed by atoms with E-state index < -0.39 is 6.04 Å². The van der Waals surface area contributed by atoms with Crippen LogP contribution in [0.4, 0.5) is 0 Å². The van der Waals surface area contributed by atoms with Gasteiger partial charge < -0.3 is 15.4 Å². The van der Waals surface area contributed by atoms with Crippen molar-refractivity contribution < 1.29 is 4.74 Å². The predicted molar refractivity (Wildman–Crippen MR) is 71.9 cm³/mol. The first kappa shape index (κ1) is 14.7. The van der Waals surface area contributed by atoms with E-state index in [0.717, 1.165) is 13.1 Å². The van der Waals surface area contributed by atoms with Gasteiger partial charge in [-0.3, -0.25) is 4.90 Å². The fraction of sp³-hybridized carbons (Fsp3) is 0.667. The summed E-state index contributed by atoms with van der Waals surface area (Å²) in [5, 5.41) is 3.13. The van der Waals surface area contributed by atoms with Gasteiger partial charge in [-0.05, 0) is 33.3 Å². The van der Waals surface area contributed by atoms with Gasteiger partial charge in [0.2, 0.25) is 0 Å². The van der Waals surface area contributed by atoms with Crippen LogP contribution in [0.15, 0.2) is 28.8 Å². The summed E-state index contributed by atoms with van der Waals surface area (Å²) >= 11 is 0. The lowest BCUT2D eigenvalue weighted by molar-refractivity contribution is 0.221. The molecule has 0 aromatic carbocycles. The molecule has 0 radical (unpaired) electrons. The van der Waals surface area contributed by atoms with E-state index >= 15 is 0 Å². The van der Waals surface area contributed by atoms with E-state index in [9.17, 15) is 4.91 Å². The molecule has 0 aromatic heterocycles. The smallest absolute Gasteiger partial charge is 0.139 e. The van der Waals surface area contributed by atoms with Crippen LogP contribution >= 0.6 is 0 Å². The summed E-state index contributed by atoms with van der Waals surface area (Å²) in [5.41, 5.74) is 6.25. The molecule has 6 heteroatoms. The van der Waals surface area contributed by atoms with Gasteiger partial charge in [-0.25, -0.2) is 0 Å². The molecule has 2 unspecified atom stereocenters. The molecule has 2 N–H and O–H groups in total. The fourth-order valence-corrected chi connectivity index (χ4v) is 1.89. The third-order valence-corrected chi connectivity index (χ3v) is 3.06. The standard InChI is InChI=1S/C12H22N4O2/c1-15(2)5-6-16(3)11-8-12(18-4)9(13)7-10(11)14-17/h7-8,10-11H,5-6,13H2,1-4H3. The van der Waals surface area contributed by atoms with Crippen LogP contribution in [0, 0.1) is 4.91 Å². The lowest BCUT2D eigenvalue weighted by Gasteiger charge is -2.31. The minimum atomic E-state index is -0.462. The summed E-state index contributed by atoms with van der Waals surface area (Å²) in [6.07, 6.45) is 3.51. The van der Waals surface area contributed by atoms with Gasteiger partial charge in [0.25, 0.3) is 0 Å². The Bertz CT molecular complexity index is 352. The van der Waals surface area contributed by atoms with Gasteiger partial charge in [0.1, 0.15) is 11.8 Å². The number of likely N-dealkylation sites (N-methyl/N-ethyl adjacent to an activating group) is 2. The number of rotatable bonds is 6. The van der Waals surface area contributed by atoms with Crippen LogP contribution in [0.3, 0.4) is 0 Å². The molecule has 1 aliphatic carbocycles. The van der Waals surface area contributed by atoms with Crippen molar-refractivity contribution in [1.29, 1.82) is 0 Å². The number of ether oxygens (including phenoxy) is 1. The van der Waals surface area contributed by atoms with Gasteiger partial charge in [-0.1, -0.05) is 5.18 Å². The topological polar surface area (TPSA) is 71.2 Å². The minimum Gasteiger partial charge on any atom is -0.495 e. The van der Waals surface area contributed by atoms with Crippen molar-refractivity contribution in [3.63, 3.8) is 0 Å². The van der Waals surface area contributed by atoms with E-state index in [1.807, 2.05) is 27.2 Å². The van der Waals surface area contributed by atoms with Crippen LogP contribution < -0.4 is 5.73 Å². The van der Waals surface area contributed by atoms with Crippen molar-refractivity contribution >= 4 is 0 Å². The lowest BCUT2D eigenvalue weighted by Crippen LogP contribution is -2.43. The van der Waals surface area contributed by atoms with Crippen molar-refractivity contribution in [3.8, 4) is 0 Å². The van der Waals surface area contributed by atoms with Crippen molar-refractivity contribution in [2.75, 3.05) is 41.3 Å². The van der Waals surface area contributed by atoms with E-state index in [-0.39, 0.29) is 6.04 Å². The molecule has 0 bridgehead atoms. The van der Waals surface area contributed by atoms with E-state index in [4.69, 9.17) is 10.5 Å². The second-order valence-electron chi connectivity index (χ2n) is 4.73. The zero-order chi connectivity index (χ0) is 13.7. The first-order valence-corrected chi connectivity index (χ1v) is 5.90. The summed E-state index contributed by atoms with van der Waals surface area (Å²) < 4.78 is 5.19. The normalized spacial score (nSPS) is 23.9. The number of hydrogen-bond donors (Lipinski definition) is 1. The quantitative estimate of drug-likeness (QED) is 0.693. The number of nitrogens with zero attached hydrogens (tertiary/aromatic N) is 3. The van der Waals surface area contributed by atoms with Crippen LogP contribution in [0.5, 0.6) is 0 Å². The number of nitrogens with two attached hydrogens (primary N) is 1. The van der Waals surface area contributed by atoms with Gasteiger partial charge in [0.05, 0.1) is 18.8 Å².